The quantitative estimate of drug-likeness (QED) is 0.648. The van der Waals surface area contributed by atoms with Gasteiger partial charge in [-0.1, -0.05) is 13.3 Å². The zero-order valence-electron chi connectivity index (χ0n) is 10.3. The van der Waals surface area contributed by atoms with Gasteiger partial charge in [0.2, 0.25) is 0 Å². The minimum absolute atomic E-state index is 0.294. The smallest absolute Gasteiger partial charge is 0.0492 e. The molecule has 4 heteroatoms. The third kappa shape index (κ3) is 4.33. The summed E-state index contributed by atoms with van der Waals surface area (Å²) in [5, 5.41) is 16.4. The molecule has 4 nitrogen and oxygen atoms in total. The fourth-order valence-electron chi connectivity index (χ4n) is 1.80. The Balaban J connectivity index is 2.14. The number of aromatic nitrogens is 2. The van der Waals surface area contributed by atoms with Crippen LogP contribution in [0.2, 0.25) is 0 Å². The summed E-state index contributed by atoms with van der Waals surface area (Å²) in [5.41, 5.74) is 1.25. The van der Waals surface area contributed by atoms with Gasteiger partial charge < -0.3 is 10.4 Å². The topological polar surface area (TPSA) is 50.1 Å². The number of aryl methyl sites for hydroxylation is 1. The van der Waals surface area contributed by atoms with Crippen molar-refractivity contribution in [3.05, 3.63) is 18.0 Å². The number of hydrogen-bond donors (Lipinski definition) is 2. The van der Waals surface area contributed by atoms with E-state index in [2.05, 4.69) is 17.3 Å². The molecule has 1 aromatic rings. The van der Waals surface area contributed by atoms with Crippen molar-refractivity contribution in [1.82, 2.24) is 15.1 Å². The molecule has 1 heterocycles. The molecule has 0 amide bonds. The molecule has 0 aliphatic rings. The minimum atomic E-state index is 0.294. The maximum absolute atomic E-state index is 8.87. The highest BCUT2D eigenvalue weighted by atomic mass is 16.3. The van der Waals surface area contributed by atoms with Crippen molar-refractivity contribution in [3.8, 4) is 0 Å². The van der Waals surface area contributed by atoms with Gasteiger partial charge in [0.05, 0.1) is 0 Å². The molecule has 0 saturated heterocycles. The van der Waals surface area contributed by atoms with Crippen LogP contribution >= 0.6 is 0 Å². The van der Waals surface area contributed by atoms with E-state index in [1.165, 1.54) is 5.69 Å². The highest BCUT2D eigenvalue weighted by molar-refractivity contribution is 5.00. The Morgan fingerprint density at radius 3 is 2.94 bits per heavy atom. The van der Waals surface area contributed by atoms with Crippen molar-refractivity contribution < 1.29 is 5.11 Å². The van der Waals surface area contributed by atoms with Crippen LogP contribution in [0.5, 0.6) is 0 Å². The molecule has 16 heavy (non-hydrogen) atoms. The Morgan fingerprint density at radius 2 is 2.38 bits per heavy atom. The third-order valence-corrected chi connectivity index (χ3v) is 3.03. The molecule has 92 valence electrons. The molecule has 0 aliphatic heterocycles. The lowest BCUT2D eigenvalue weighted by atomic mass is 10.0. The zero-order chi connectivity index (χ0) is 11.8. The molecule has 0 spiro atoms. The van der Waals surface area contributed by atoms with Crippen LogP contribution < -0.4 is 5.32 Å². The SMILES string of the molecule is CCC(CCO)CNCCc1ccnn1C. The summed E-state index contributed by atoms with van der Waals surface area (Å²) in [4.78, 5) is 0. The summed E-state index contributed by atoms with van der Waals surface area (Å²) in [6.07, 6.45) is 4.86. The molecular formula is C12H23N3O. The van der Waals surface area contributed by atoms with Crippen molar-refractivity contribution in [2.24, 2.45) is 13.0 Å². The molecule has 1 unspecified atom stereocenters. The maximum atomic E-state index is 8.87. The standard InChI is InChI=1S/C12H23N3O/c1-3-11(6-9-16)10-13-7-4-12-5-8-14-15(12)2/h5,8,11,13,16H,3-4,6-7,9-10H2,1-2H3. The minimum Gasteiger partial charge on any atom is -0.396 e. The second-order valence-corrected chi connectivity index (χ2v) is 4.19. The van der Waals surface area contributed by atoms with Gasteiger partial charge in [-0.15, -0.1) is 0 Å². The predicted octanol–water partition coefficient (Wildman–Crippen LogP) is 0.961. The van der Waals surface area contributed by atoms with Crippen molar-refractivity contribution >= 4 is 0 Å². The monoisotopic (exact) mass is 225 g/mol. The fraction of sp³-hybridized carbons (Fsp3) is 0.750. The van der Waals surface area contributed by atoms with Gasteiger partial charge in [0.15, 0.2) is 0 Å². The first-order chi connectivity index (χ1) is 7.77. The molecule has 1 rings (SSSR count). The van der Waals surface area contributed by atoms with Gasteiger partial charge in [0.25, 0.3) is 0 Å². The molecule has 1 aromatic heterocycles. The highest BCUT2D eigenvalue weighted by Gasteiger charge is 2.04. The average molecular weight is 225 g/mol. The largest absolute Gasteiger partial charge is 0.396 e. The second-order valence-electron chi connectivity index (χ2n) is 4.19. The van der Waals surface area contributed by atoms with Crippen molar-refractivity contribution in [2.45, 2.75) is 26.2 Å². The molecule has 1 atom stereocenters. The summed E-state index contributed by atoms with van der Waals surface area (Å²) >= 11 is 0. The van der Waals surface area contributed by atoms with Gasteiger partial charge in [0, 0.05) is 38.5 Å². The highest BCUT2D eigenvalue weighted by Crippen LogP contribution is 2.05. The first-order valence-corrected chi connectivity index (χ1v) is 6.06. The Bertz CT molecular complexity index is 286. The van der Waals surface area contributed by atoms with Crippen molar-refractivity contribution in [3.63, 3.8) is 0 Å². The van der Waals surface area contributed by atoms with Crippen LogP contribution in [0.4, 0.5) is 0 Å². The van der Waals surface area contributed by atoms with E-state index in [9.17, 15) is 0 Å². The molecule has 0 bridgehead atoms. The van der Waals surface area contributed by atoms with Gasteiger partial charge in [-0.2, -0.15) is 5.10 Å². The van der Waals surface area contributed by atoms with Crippen LogP contribution in [-0.4, -0.2) is 34.6 Å². The lowest BCUT2D eigenvalue weighted by Crippen LogP contribution is -2.25. The van der Waals surface area contributed by atoms with Crippen LogP contribution in [0.3, 0.4) is 0 Å². The number of nitrogens with zero attached hydrogens (tertiary/aromatic N) is 2. The molecule has 0 fully saturated rings. The van der Waals surface area contributed by atoms with Gasteiger partial charge >= 0.3 is 0 Å². The van der Waals surface area contributed by atoms with Crippen LogP contribution in [0, 0.1) is 5.92 Å². The number of rotatable bonds is 8. The van der Waals surface area contributed by atoms with E-state index in [0.717, 1.165) is 32.4 Å². The zero-order valence-corrected chi connectivity index (χ0v) is 10.3. The van der Waals surface area contributed by atoms with Gasteiger partial charge in [-0.05, 0) is 24.9 Å². The maximum Gasteiger partial charge on any atom is 0.0492 e. The number of aliphatic hydroxyl groups excluding tert-OH is 1. The molecule has 0 aromatic carbocycles. The summed E-state index contributed by atoms with van der Waals surface area (Å²) in [7, 11) is 1.97. The summed E-state index contributed by atoms with van der Waals surface area (Å²) < 4.78 is 1.91. The normalized spacial score (nSPS) is 12.9. The Morgan fingerprint density at radius 1 is 1.56 bits per heavy atom. The molecule has 0 radical (unpaired) electrons. The van der Waals surface area contributed by atoms with E-state index in [0.29, 0.717) is 12.5 Å². The fourth-order valence-corrected chi connectivity index (χ4v) is 1.80. The van der Waals surface area contributed by atoms with Crippen LogP contribution in [0.15, 0.2) is 12.3 Å². The van der Waals surface area contributed by atoms with E-state index in [1.54, 1.807) is 0 Å². The Labute approximate surface area is 97.7 Å². The van der Waals surface area contributed by atoms with E-state index in [1.807, 2.05) is 24.0 Å². The first-order valence-electron chi connectivity index (χ1n) is 6.06. The summed E-state index contributed by atoms with van der Waals surface area (Å²) in [6.45, 7) is 4.43. The average Bonchev–Trinajstić information content (AvgIpc) is 2.69. The third-order valence-electron chi connectivity index (χ3n) is 3.03. The van der Waals surface area contributed by atoms with Gasteiger partial charge in [-0.25, -0.2) is 0 Å². The van der Waals surface area contributed by atoms with E-state index < -0.39 is 0 Å². The van der Waals surface area contributed by atoms with Gasteiger partial charge in [0.1, 0.15) is 0 Å². The summed E-state index contributed by atoms with van der Waals surface area (Å²) in [5.74, 6) is 0.594. The number of aliphatic hydroxyl groups is 1. The first kappa shape index (κ1) is 13.2. The molecule has 0 saturated carbocycles. The lowest BCUT2D eigenvalue weighted by Gasteiger charge is -2.14. The Hall–Kier alpha value is -0.870. The predicted molar refractivity (Wildman–Crippen MR) is 65.3 cm³/mol. The van der Waals surface area contributed by atoms with Crippen LogP contribution in [0.25, 0.3) is 0 Å². The summed E-state index contributed by atoms with van der Waals surface area (Å²) in [6, 6.07) is 2.05. The molecule has 2 N–H and O–H groups in total. The van der Waals surface area contributed by atoms with Crippen LogP contribution in [-0.2, 0) is 13.5 Å². The Kier molecular flexibility index (Phi) is 6.11. The van der Waals surface area contributed by atoms with E-state index in [-0.39, 0.29) is 0 Å². The lowest BCUT2D eigenvalue weighted by molar-refractivity contribution is 0.251. The number of nitrogens with one attached hydrogen (secondary N) is 1. The van der Waals surface area contributed by atoms with Crippen molar-refractivity contribution in [2.75, 3.05) is 19.7 Å². The van der Waals surface area contributed by atoms with Crippen molar-refractivity contribution in [1.29, 1.82) is 0 Å². The van der Waals surface area contributed by atoms with Gasteiger partial charge in [-0.3, -0.25) is 4.68 Å². The number of hydrogen-bond acceptors (Lipinski definition) is 3. The van der Waals surface area contributed by atoms with E-state index in [4.69, 9.17) is 5.11 Å². The molecule has 0 aliphatic carbocycles. The second kappa shape index (κ2) is 7.41. The van der Waals surface area contributed by atoms with Crippen LogP contribution in [0.1, 0.15) is 25.5 Å². The van der Waals surface area contributed by atoms with E-state index >= 15 is 0 Å². The molecular weight excluding hydrogens is 202 g/mol.